The van der Waals surface area contributed by atoms with Crippen LogP contribution in [-0.2, 0) is 9.53 Å². The molecule has 0 aromatic rings. The molecule has 1 heterocycles. The molecule has 0 saturated carbocycles. The van der Waals surface area contributed by atoms with Crippen molar-refractivity contribution < 1.29 is 9.53 Å². The second-order valence-electron chi connectivity index (χ2n) is 3.96. The van der Waals surface area contributed by atoms with E-state index in [4.69, 9.17) is 4.74 Å². The normalized spacial score (nSPS) is 21.7. The fourth-order valence-electron chi connectivity index (χ4n) is 1.96. The summed E-state index contributed by atoms with van der Waals surface area (Å²) in [5.74, 6) is 0.819. The van der Waals surface area contributed by atoms with Gasteiger partial charge in [-0.05, 0) is 32.1 Å². The number of likely N-dealkylation sites (tertiary alicyclic amines) is 1. The van der Waals surface area contributed by atoms with Crippen LogP contribution in [0.2, 0.25) is 0 Å². The molecule has 88 valence electrons. The molecule has 1 amide bonds. The predicted octanol–water partition coefficient (Wildman–Crippen LogP) is 2.05. The highest BCUT2D eigenvalue weighted by atomic mass is 79.9. The Morgan fingerprint density at radius 1 is 1.60 bits per heavy atom. The minimum atomic E-state index is 0.149. The summed E-state index contributed by atoms with van der Waals surface area (Å²) in [6.07, 6.45) is 3.55. The van der Waals surface area contributed by atoms with Gasteiger partial charge in [-0.25, -0.2) is 0 Å². The first-order valence-corrected chi connectivity index (χ1v) is 6.81. The Balaban J connectivity index is 2.31. The Kier molecular flexibility index (Phi) is 6.25. The van der Waals surface area contributed by atoms with Gasteiger partial charge in [0.1, 0.15) is 6.61 Å². The quantitative estimate of drug-likeness (QED) is 0.720. The van der Waals surface area contributed by atoms with Gasteiger partial charge in [0.05, 0.1) is 0 Å². The highest BCUT2D eigenvalue weighted by Gasteiger charge is 2.22. The number of carbonyl (C=O) groups is 1. The number of amides is 1. The third-order valence-electron chi connectivity index (χ3n) is 2.82. The summed E-state index contributed by atoms with van der Waals surface area (Å²) in [6, 6.07) is 0. The molecular formula is C11H20BrNO2. The number of piperidine rings is 1. The molecule has 0 aromatic heterocycles. The van der Waals surface area contributed by atoms with Crippen LogP contribution in [0.15, 0.2) is 0 Å². The van der Waals surface area contributed by atoms with Crippen molar-refractivity contribution in [1.82, 2.24) is 4.90 Å². The standard InChI is InChI=1S/C11H20BrNO2/c1-2-15-9-11(14)13-7-3-4-10(8-13)5-6-12/h10H,2-9H2,1H3. The number of alkyl halides is 1. The van der Waals surface area contributed by atoms with Crippen LogP contribution in [0.25, 0.3) is 0 Å². The van der Waals surface area contributed by atoms with E-state index in [1.807, 2.05) is 11.8 Å². The summed E-state index contributed by atoms with van der Waals surface area (Å²) >= 11 is 3.46. The molecule has 3 nitrogen and oxygen atoms in total. The van der Waals surface area contributed by atoms with E-state index in [0.717, 1.165) is 24.8 Å². The highest BCUT2D eigenvalue weighted by Crippen LogP contribution is 2.20. The van der Waals surface area contributed by atoms with Crippen molar-refractivity contribution in [2.75, 3.05) is 31.6 Å². The van der Waals surface area contributed by atoms with Crippen LogP contribution in [0.3, 0.4) is 0 Å². The zero-order chi connectivity index (χ0) is 11.1. The molecule has 0 N–H and O–H groups in total. The molecule has 0 bridgehead atoms. The smallest absolute Gasteiger partial charge is 0.248 e. The van der Waals surface area contributed by atoms with Crippen LogP contribution in [-0.4, -0.2) is 42.4 Å². The number of hydrogen-bond donors (Lipinski definition) is 0. The average molecular weight is 278 g/mol. The molecule has 15 heavy (non-hydrogen) atoms. The molecule has 1 atom stereocenters. The molecule has 1 rings (SSSR count). The van der Waals surface area contributed by atoms with Gasteiger partial charge in [0, 0.05) is 25.0 Å². The van der Waals surface area contributed by atoms with Gasteiger partial charge in [0.25, 0.3) is 0 Å². The van der Waals surface area contributed by atoms with Gasteiger partial charge in [-0.15, -0.1) is 0 Å². The van der Waals surface area contributed by atoms with Gasteiger partial charge in [-0.3, -0.25) is 4.79 Å². The lowest BCUT2D eigenvalue weighted by Gasteiger charge is -2.32. The van der Waals surface area contributed by atoms with Crippen LogP contribution in [0.5, 0.6) is 0 Å². The van der Waals surface area contributed by atoms with Crippen molar-refractivity contribution in [2.24, 2.45) is 5.92 Å². The number of hydrogen-bond acceptors (Lipinski definition) is 2. The van der Waals surface area contributed by atoms with Crippen LogP contribution >= 0.6 is 15.9 Å². The van der Waals surface area contributed by atoms with Gasteiger partial charge in [-0.1, -0.05) is 15.9 Å². The zero-order valence-electron chi connectivity index (χ0n) is 9.38. The molecule has 1 unspecified atom stereocenters. The molecule has 0 spiro atoms. The van der Waals surface area contributed by atoms with E-state index in [1.54, 1.807) is 0 Å². The van der Waals surface area contributed by atoms with Crippen molar-refractivity contribution in [2.45, 2.75) is 26.2 Å². The molecule has 1 aliphatic rings. The Hall–Kier alpha value is -0.0900. The Bertz CT molecular complexity index is 197. The topological polar surface area (TPSA) is 29.5 Å². The van der Waals surface area contributed by atoms with E-state index >= 15 is 0 Å². The summed E-state index contributed by atoms with van der Waals surface area (Å²) < 4.78 is 5.14. The Morgan fingerprint density at radius 2 is 2.40 bits per heavy atom. The average Bonchev–Trinajstić information content (AvgIpc) is 2.27. The molecule has 1 aliphatic heterocycles. The van der Waals surface area contributed by atoms with Crippen LogP contribution in [0, 0.1) is 5.92 Å². The SMILES string of the molecule is CCOCC(=O)N1CCCC(CCBr)C1. The predicted molar refractivity (Wildman–Crippen MR) is 64.2 cm³/mol. The first-order valence-electron chi connectivity index (χ1n) is 5.69. The van der Waals surface area contributed by atoms with Crippen molar-refractivity contribution in [3.63, 3.8) is 0 Å². The first-order chi connectivity index (χ1) is 7.27. The molecule has 0 radical (unpaired) electrons. The molecule has 4 heteroatoms. The largest absolute Gasteiger partial charge is 0.372 e. The van der Waals surface area contributed by atoms with Crippen LogP contribution < -0.4 is 0 Å². The molecular weight excluding hydrogens is 258 g/mol. The number of nitrogens with zero attached hydrogens (tertiary/aromatic N) is 1. The van der Waals surface area contributed by atoms with Gasteiger partial charge < -0.3 is 9.64 Å². The van der Waals surface area contributed by atoms with Crippen molar-refractivity contribution in [3.05, 3.63) is 0 Å². The van der Waals surface area contributed by atoms with Crippen molar-refractivity contribution >= 4 is 21.8 Å². The Labute approximate surface area is 100 Å². The minimum absolute atomic E-state index is 0.149. The molecule has 0 aromatic carbocycles. The number of ether oxygens (including phenoxy) is 1. The van der Waals surface area contributed by atoms with E-state index in [0.29, 0.717) is 12.5 Å². The number of rotatable bonds is 5. The summed E-state index contributed by atoms with van der Waals surface area (Å²) in [7, 11) is 0. The van der Waals surface area contributed by atoms with Crippen LogP contribution in [0.4, 0.5) is 0 Å². The van der Waals surface area contributed by atoms with E-state index in [1.165, 1.54) is 12.8 Å². The fourth-order valence-corrected chi connectivity index (χ4v) is 2.61. The summed E-state index contributed by atoms with van der Waals surface area (Å²) in [6.45, 7) is 4.60. The maximum absolute atomic E-state index is 11.7. The summed E-state index contributed by atoms with van der Waals surface area (Å²) in [5, 5.41) is 1.03. The monoisotopic (exact) mass is 277 g/mol. The fraction of sp³-hybridized carbons (Fsp3) is 0.909. The lowest BCUT2D eigenvalue weighted by molar-refractivity contribution is -0.137. The maximum Gasteiger partial charge on any atom is 0.248 e. The van der Waals surface area contributed by atoms with E-state index in [2.05, 4.69) is 15.9 Å². The van der Waals surface area contributed by atoms with Gasteiger partial charge in [0.2, 0.25) is 5.91 Å². The van der Waals surface area contributed by atoms with Gasteiger partial charge >= 0.3 is 0 Å². The highest BCUT2D eigenvalue weighted by molar-refractivity contribution is 9.09. The molecule has 1 fully saturated rings. The first kappa shape index (κ1) is 13.0. The minimum Gasteiger partial charge on any atom is -0.372 e. The summed E-state index contributed by atoms with van der Waals surface area (Å²) in [5.41, 5.74) is 0. The molecule has 0 aliphatic carbocycles. The molecule has 1 saturated heterocycles. The van der Waals surface area contributed by atoms with E-state index in [9.17, 15) is 4.79 Å². The van der Waals surface area contributed by atoms with E-state index in [-0.39, 0.29) is 12.5 Å². The van der Waals surface area contributed by atoms with E-state index < -0.39 is 0 Å². The maximum atomic E-state index is 11.7. The van der Waals surface area contributed by atoms with Crippen molar-refractivity contribution in [3.8, 4) is 0 Å². The van der Waals surface area contributed by atoms with Crippen LogP contribution in [0.1, 0.15) is 26.2 Å². The lowest BCUT2D eigenvalue weighted by atomic mass is 9.96. The second kappa shape index (κ2) is 7.23. The van der Waals surface area contributed by atoms with Gasteiger partial charge in [-0.2, -0.15) is 0 Å². The third-order valence-corrected chi connectivity index (χ3v) is 3.28. The second-order valence-corrected chi connectivity index (χ2v) is 4.76. The summed E-state index contributed by atoms with van der Waals surface area (Å²) in [4.78, 5) is 13.6. The zero-order valence-corrected chi connectivity index (χ0v) is 11.0. The van der Waals surface area contributed by atoms with Crippen molar-refractivity contribution in [1.29, 1.82) is 0 Å². The number of carbonyl (C=O) groups excluding carboxylic acids is 1. The van der Waals surface area contributed by atoms with Gasteiger partial charge in [0.15, 0.2) is 0 Å². The lowest BCUT2D eigenvalue weighted by Crippen LogP contribution is -2.41. The number of halogens is 1. The third kappa shape index (κ3) is 4.51. The Morgan fingerprint density at radius 3 is 3.07 bits per heavy atom.